The molecule has 1 aromatic heterocycles. The molecule has 2 aromatic carbocycles. The second-order valence-corrected chi connectivity index (χ2v) is 16.6. The van der Waals surface area contributed by atoms with Gasteiger partial charge in [-0.1, -0.05) is 12.1 Å². The zero-order valence-electron chi connectivity index (χ0n) is 33.6. The minimum atomic E-state index is -4.62. The molecule has 2 N–H and O–H groups in total. The van der Waals surface area contributed by atoms with Crippen molar-refractivity contribution in [2.24, 2.45) is 11.8 Å². The molecule has 0 spiro atoms. The standard InChI is InChI=1S/C44H47F3N8O6/c1-48-36-6-3-30(22-35(36)44(45,46)47)54-20-12-29(13-21-54)40(57)50-38-8-2-28(24-49-38)26-52-16-10-27(11-17-52)25-53-18-14-31(15-19-53)61-32-4-5-33-34(23-32)43(60)55(42(33)59)37-7-9-39(56)51-41(37)58/h2-6,8,22-24,27,29,31,37H,7,9-21,25-26H2,(H,49,50,57)(H,51,56,58). The zero-order chi connectivity index (χ0) is 42.8. The number of piperidine rings is 4. The Bertz CT molecular complexity index is 2220. The number of halogens is 3. The number of ether oxygens (including phenoxy) is 1. The van der Waals surface area contributed by atoms with Gasteiger partial charge in [-0.2, -0.15) is 13.2 Å². The van der Waals surface area contributed by atoms with Gasteiger partial charge in [0.1, 0.15) is 23.7 Å². The van der Waals surface area contributed by atoms with Crippen molar-refractivity contribution in [2.75, 3.05) is 56.0 Å². The molecule has 5 aliphatic heterocycles. The Labute approximate surface area is 351 Å². The Kier molecular flexibility index (Phi) is 12.1. The fourth-order valence-corrected chi connectivity index (χ4v) is 9.14. The summed E-state index contributed by atoms with van der Waals surface area (Å²) >= 11 is 0. The van der Waals surface area contributed by atoms with Gasteiger partial charge in [-0.25, -0.2) is 9.83 Å². The maximum atomic E-state index is 13.5. The number of nitrogens with one attached hydrogen (secondary N) is 2. The zero-order valence-corrected chi connectivity index (χ0v) is 33.6. The van der Waals surface area contributed by atoms with Crippen LogP contribution in [0.1, 0.15) is 83.2 Å². The van der Waals surface area contributed by atoms with Crippen LogP contribution in [0.5, 0.6) is 5.75 Å². The third-order valence-electron chi connectivity index (χ3n) is 12.6. The third-order valence-corrected chi connectivity index (χ3v) is 12.6. The van der Waals surface area contributed by atoms with Gasteiger partial charge in [-0.15, -0.1) is 0 Å². The number of amides is 5. The van der Waals surface area contributed by atoms with E-state index in [1.165, 1.54) is 12.1 Å². The summed E-state index contributed by atoms with van der Waals surface area (Å²) in [6.45, 7) is 13.4. The van der Waals surface area contributed by atoms with Crippen molar-refractivity contribution in [2.45, 2.75) is 76.2 Å². The molecule has 1 atom stereocenters. The first-order valence-electron chi connectivity index (χ1n) is 20.9. The predicted molar refractivity (Wildman–Crippen MR) is 217 cm³/mol. The highest BCUT2D eigenvalue weighted by Crippen LogP contribution is 2.39. The molecule has 8 rings (SSSR count). The maximum Gasteiger partial charge on any atom is 0.407 e. The van der Waals surface area contributed by atoms with Crippen LogP contribution in [0, 0.1) is 18.4 Å². The lowest BCUT2D eigenvalue weighted by Crippen LogP contribution is -2.54. The molecule has 5 amide bonds. The topological polar surface area (TPSA) is 149 Å². The van der Waals surface area contributed by atoms with Crippen molar-refractivity contribution in [3.63, 3.8) is 0 Å². The molecule has 6 heterocycles. The number of aromatic nitrogens is 1. The number of hydrogen-bond donors (Lipinski definition) is 2. The summed E-state index contributed by atoms with van der Waals surface area (Å²) in [4.78, 5) is 78.5. The molecule has 0 saturated carbocycles. The van der Waals surface area contributed by atoms with Crippen molar-refractivity contribution >= 4 is 46.7 Å². The van der Waals surface area contributed by atoms with Crippen molar-refractivity contribution in [1.29, 1.82) is 0 Å². The number of hydrogen-bond acceptors (Lipinski definition) is 10. The first kappa shape index (κ1) is 41.9. The van der Waals surface area contributed by atoms with Gasteiger partial charge in [0.25, 0.3) is 11.8 Å². The van der Waals surface area contributed by atoms with Crippen molar-refractivity contribution in [3.05, 3.63) is 88.4 Å². The molecule has 3 aromatic rings. The van der Waals surface area contributed by atoms with E-state index in [2.05, 4.69) is 30.3 Å². The third kappa shape index (κ3) is 9.40. The van der Waals surface area contributed by atoms with Crippen LogP contribution in [-0.4, -0.2) is 107 Å². The summed E-state index contributed by atoms with van der Waals surface area (Å²) in [5.74, 6) is -1.02. The summed E-state index contributed by atoms with van der Waals surface area (Å²) in [6, 6.07) is 11.4. The smallest absolute Gasteiger partial charge is 0.407 e. The van der Waals surface area contributed by atoms with Gasteiger partial charge in [0.2, 0.25) is 17.7 Å². The second kappa shape index (κ2) is 17.6. The number of carbonyl (C=O) groups is 5. The Morgan fingerprint density at radius 2 is 1.57 bits per heavy atom. The lowest BCUT2D eigenvalue weighted by Gasteiger charge is -2.37. The number of alkyl halides is 3. The molecule has 17 heteroatoms. The van der Waals surface area contributed by atoms with Crippen LogP contribution in [-0.2, 0) is 27.1 Å². The minimum absolute atomic E-state index is 0.0239. The van der Waals surface area contributed by atoms with Crippen LogP contribution >= 0.6 is 0 Å². The van der Waals surface area contributed by atoms with E-state index in [0.29, 0.717) is 49.1 Å². The molecule has 4 saturated heterocycles. The summed E-state index contributed by atoms with van der Waals surface area (Å²) < 4.78 is 46.7. The predicted octanol–water partition coefficient (Wildman–Crippen LogP) is 5.66. The largest absolute Gasteiger partial charge is 0.490 e. The van der Waals surface area contributed by atoms with Gasteiger partial charge in [0, 0.05) is 63.5 Å². The fraction of sp³-hybridized carbons (Fsp3) is 0.477. The first-order chi connectivity index (χ1) is 29.3. The van der Waals surface area contributed by atoms with E-state index in [0.717, 1.165) is 81.5 Å². The normalized spacial score (nSPS) is 21.3. The van der Waals surface area contributed by atoms with E-state index >= 15 is 0 Å². The summed E-state index contributed by atoms with van der Waals surface area (Å²) in [5.41, 5.74) is 0.513. The SMILES string of the molecule is [C-]#[N+]c1ccc(N2CCC(C(=O)Nc3ccc(CN4CCC(CN5CCC(Oc6ccc7c(c6)C(=O)N(C6CCC(=O)NC6=O)C7=O)CC5)CC4)cn3)CC2)cc1C(F)(F)F. The highest BCUT2D eigenvalue weighted by atomic mass is 19.4. The average Bonchev–Trinajstić information content (AvgIpc) is 3.50. The Morgan fingerprint density at radius 3 is 2.25 bits per heavy atom. The van der Waals surface area contributed by atoms with Crippen LogP contribution in [0.15, 0.2) is 54.7 Å². The molecule has 5 aliphatic rings. The van der Waals surface area contributed by atoms with Crippen LogP contribution in [0.25, 0.3) is 4.85 Å². The molecule has 14 nitrogen and oxygen atoms in total. The van der Waals surface area contributed by atoms with Crippen LogP contribution in [0.2, 0.25) is 0 Å². The molecule has 0 bridgehead atoms. The van der Waals surface area contributed by atoms with Gasteiger partial charge in [0.15, 0.2) is 5.69 Å². The van der Waals surface area contributed by atoms with E-state index in [1.807, 2.05) is 17.0 Å². The number of fused-ring (bicyclic) bond motifs is 1. The molecule has 0 radical (unpaired) electrons. The number of nitrogens with zero attached hydrogens (tertiary/aromatic N) is 6. The minimum Gasteiger partial charge on any atom is -0.490 e. The summed E-state index contributed by atoms with van der Waals surface area (Å²) in [7, 11) is 0. The van der Waals surface area contributed by atoms with E-state index in [9.17, 15) is 37.1 Å². The van der Waals surface area contributed by atoms with E-state index in [1.54, 1.807) is 24.4 Å². The van der Waals surface area contributed by atoms with E-state index in [-0.39, 0.29) is 41.9 Å². The maximum absolute atomic E-state index is 13.5. The van der Waals surface area contributed by atoms with Gasteiger partial charge in [-0.3, -0.25) is 39.1 Å². The van der Waals surface area contributed by atoms with E-state index < -0.39 is 47.1 Å². The Hall–Kier alpha value is -5.86. The fourth-order valence-electron chi connectivity index (χ4n) is 9.14. The Balaban J connectivity index is 0.730. The van der Waals surface area contributed by atoms with Crippen molar-refractivity contribution < 1.29 is 41.9 Å². The number of rotatable bonds is 10. The summed E-state index contributed by atoms with van der Waals surface area (Å²) in [5, 5.41) is 5.12. The van der Waals surface area contributed by atoms with Crippen LogP contribution < -0.4 is 20.3 Å². The molecular formula is C44H47F3N8O6. The van der Waals surface area contributed by atoms with Gasteiger partial charge < -0.3 is 19.9 Å². The van der Waals surface area contributed by atoms with Crippen molar-refractivity contribution in [3.8, 4) is 5.75 Å². The van der Waals surface area contributed by atoms with Crippen LogP contribution in [0.4, 0.5) is 30.4 Å². The highest BCUT2D eigenvalue weighted by Gasteiger charge is 2.45. The quantitative estimate of drug-likeness (QED) is 0.194. The number of anilines is 2. The lowest BCUT2D eigenvalue weighted by molar-refractivity contribution is -0.137. The van der Waals surface area contributed by atoms with E-state index in [4.69, 9.17) is 11.3 Å². The molecule has 61 heavy (non-hydrogen) atoms. The number of likely N-dealkylation sites (tertiary alicyclic amines) is 2. The number of benzene rings is 2. The first-order valence-corrected chi connectivity index (χ1v) is 20.9. The van der Waals surface area contributed by atoms with Gasteiger partial charge in [0.05, 0.1) is 23.3 Å². The van der Waals surface area contributed by atoms with Crippen LogP contribution in [0.3, 0.4) is 0 Å². The second-order valence-electron chi connectivity index (χ2n) is 16.6. The lowest BCUT2D eigenvalue weighted by atomic mass is 9.94. The average molecular weight is 841 g/mol. The van der Waals surface area contributed by atoms with Gasteiger partial charge >= 0.3 is 6.18 Å². The molecule has 1 unspecified atom stereocenters. The number of pyridine rings is 1. The Morgan fingerprint density at radius 1 is 0.852 bits per heavy atom. The van der Waals surface area contributed by atoms with Crippen molar-refractivity contribution in [1.82, 2.24) is 25.0 Å². The number of imide groups is 2. The number of carbonyl (C=O) groups excluding carboxylic acids is 5. The molecular weight excluding hydrogens is 794 g/mol. The molecule has 320 valence electrons. The molecule has 4 fully saturated rings. The highest BCUT2D eigenvalue weighted by molar-refractivity contribution is 6.23. The monoisotopic (exact) mass is 840 g/mol. The summed E-state index contributed by atoms with van der Waals surface area (Å²) in [6.07, 6.45) is 2.14. The van der Waals surface area contributed by atoms with Gasteiger partial charge in [-0.05, 0) is 106 Å². The molecule has 0 aliphatic carbocycles.